The van der Waals surface area contributed by atoms with Crippen LogP contribution in [0.15, 0.2) is 24.3 Å². The van der Waals surface area contributed by atoms with E-state index in [4.69, 9.17) is 9.47 Å². The van der Waals surface area contributed by atoms with Crippen molar-refractivity contribution in [1.82, 2.24) is 0 Å². The molecule has 0 radical (unpaired) electrons. The first-order chi connectivity index (χ1) is 14.3. The predicted octanol–water partition coefficient (Wildman–Crippen LogP) is 5.02. The van der Waals surface area contributed by atoms with Gasteiger partial charge in [-0.3, -0.25) is 9.59 Å². The fraction of sp³-hybridized carbons (Fsp3) is 0.692. The maximum absolute atomic E-state index is 12.5. The Bertz CT molecular complexity index is 761. The van der Waals surface area contributed by atoms with Crippen molar-refractivity contribution in [3.05, 3.63) is 35.4 Å². The number of carbonyl (C=O) groups is 2. The van der Waals surface area contributed by atoms with Crippen LogP contribution in [0.1, 0.15) is 76.3 Å². The van der Waals surface area contributed by atoms with Crippen molar-refractivity contribution in [3.63, 3.8) is 0 Å². The van der Waals surface area contributed by atoms with Gasteiger partial charge in [-0.25, -0.2) is 0 Å². The van der Waals surface area contributed by atoms with E-state index in [0.717, 1.165) is 35.8 Å². The lowest BCUT2D eigenvalue weighted by molar-refractivity contribution is -0.163. The summed E-state index contributed by atoms with van der Waals surface area (Å²) in [5.74, 6) is 2.29. The Kier molecular flexibility index (Phi) is 4.95. The highest BCUT2D eigenvalue weighted by Gasteiger charge is 2.51. The molecule has 0 amide bonds. The van der Waals surface area contributed by atoms with Crippen molar-refractivity contribution in [2.24, 2.45) is 23.7 Å². The first-order valence-corrected chi connectivity index (χ1v) is 11.8. The molecular weight excluding hydrogens is 376 g/mol. The molecule has 0 aromatic heterocycles. The molecule has 6 atom stereocenters. The van der Waals surface area contributed by atoms with Gasteiger partial charge in [0.1, 0.15) is 11.2 Å². The van der Waals surface area contributed by atoms with Crippen molar-refractivity contribution in [2.45, 2.75) is 89.3 Å². The number of ether oxygens (including phenoxy) is 2. The molecule has 5 rings (SSSR count). The molecule has 0 spiro atoms. The van der Waals surface area contributed by atoms with E-state index in [2.05, 4.69) is 13.8 Å². The van der Waals surface area contributed by atoms with Crippen molar-refractivity contribution in [3.8, 4) is 0 Å². The molecule has 4 nitrogen and oxygen atoms in total. The normalized spacial score (nSPS) is 38.7. The summed E-state index contributed by atoms with van der Waals surface area (Å²) in [6.07, 6.45) is 10.0. The molecule has 30 heavy (non-hydrogen) atoms. The second-order valence-electron chi connectivity index (χ2n) is 10.9. The van der Waals surface area contributed by atoms with E-state index in [0.29, 0.717) is 24.7 Å². The highest BCUT2D eigenvalue weighted by Crippen LogP contribution is 2.53. The van der Waals surface area contributed by atoms with Gasteiger partial charge in [-0.1, -0.05) is 24.3 Å². The molecule has 6 unspecified atom stereocenters. The Labute approximate surface area is 179 Å². The monoisotopic (exact) mass is 410 g/mol. The van der Waals surface area contributed by atoms with Crippen molar-refractivity contribution in [2.75, 3.05) is 0 Å². The number of carbonyl (C=O) groups excluding carboxylic acids is 2. The third-order valence-corrected chi connectivity index (χ3v) is 8.61. The van der Waals surface area contributed by atoms with E-state index >= 15 is 0 Å². The number of hydrogen-bond acceptors (Lipinski definition) is 4. The van der Waals surface area contributed by atoms with E-state index in [-0.39, 0.29) is 23.1 Å². The number of esters is 2. The van der Waals surface area contributed by atoms with Crippen LogP contribution in [-0.2, 0) is 31.9 Å². The minimum absolute atomic E-state index is 0.138. The maximum Gasteiger partial charge on any atom is 0.310 e. The summed E-state index contributed by atoms with van der Waals surface area (Å²) in [5.41, 5.74) is 1.34. The van der Waals surface area contributed by atoms with Crippen LogP contribution < -0.4 is 0 Å². The van der Waals surface area contributed by atoms with Crippen molar-refractivity contribution < 1.29 is 19.1 Å². The third-order valence-electron chi connectivity index (χ3n) is 8.61. The topological polar surface area (TPSA) is 52.6 Å². The molecule has 1 aromatic carbocycles. The van der Waals surface area contributed by atoms with E-state index in [1.807, 2.05) is 24.3 Å². The number of fused-ring (bicyclic) bond motifs is 4. The van der Waals surface area contributed by atoms with Gasteiger partial charge in [0.25, 0.3) is 0 Å². The molecule has 4 saturated carbocycles. The summed E-state index contributed by atoms with van der Waals surface area (Å²) in [4.78, 5) is 25.0. The zero-order valence-corrected chi connectivity index (χ0v) is 18.3. The van der Waals surface area contributed by atoms with Gasteiger partial charge in [0.2, 0.25) is 0 Å². The Morgan fingerprint density at radius 2 is 1.17 bits per heavy atom. The van der Waals surface area contributed by atoms with E-state index in [1.165, 1.54) is 38.5 Å². The van der Waals surface area contributed by atoms with E-state index in [9.17, 15) is 9.59 Å². The third kappa shape index (κ3) is 3.78. The molecule has 0 heterocycles. The molecule has 4 heteroatoms. The molecule has 0 saturated heterocycles. The largest absolute Gasteiger partial charge is 0.459 e. The molecule has 162 valence electrons. The summed E-state index contributed by atoms with van der Waals surface area (Å²) >= 11 is 0. The van der Waals surface area contributed by atoms with E-state index in [1.54, 1.807) is 0 Å². The van der Waals surface area contributed by atoms with Gasteiger partial charge in [0, 0.05) is 0 Å². The lowest BCUT2D eigenvalue weighted by Crippen LogP contribution is -2.37. The standard InChI is InChI=1S/C26H34O4/c1-25(15-19-7-9-21(25)11-19)29-23(27)13-17-3-5-18(6-4-17)14-24(28)30-26(2)16-20-8-10-22(26)12-20/h3-6,19-22H,7-16H2,1-2H3. The van der Waals surface area contributed by atoms with Gasteiger partial charge in [-0.05, 0) is 100 Å². The summed E-state index contributed by atoms with van der Waals surface area (Å²) < 4.78 is 11.9. The van der Waals surface area contributed by atoms with Gasteiger partial charge in [0.15, 0.2) is 0 Å². The van der Waals surface area contributed by atoms with Crippen LogP contribution in [0.3, 0.4) is 0 Å². The van der Waals surface area contributed by atoms with Gasteiger partial charge in [-0.2, -0.15) is 0 Å². The van der Waals surface area contributed by atoms with Crippen molar-refractivity contribution >= 4 is 11.9 Å². The Hall–Kier alpha value is -1.84. The maximum atomic E-state index is 12.5. The average Bonchev–Trinajstić information content (AvgIpc) is 3.43. The average molecular weight is 411 g/mol. The number of hydrogen-bond donors (Lipinski definition) is 0. The van der Waals surface area contributed by atoms with Gasteiger partial charge >= 0.3 is 11.9 Å². The van der Waals surface area contributed by atoms with Gasteiger partial charge in [0.05, 0.1) is 12.8 Å². The van der Waals surface area contributed by atoms with E-state index < -0.39 is 0 Å². The summed E-state index contributed by atoms with van der Waals surface area (Å²) in [6, 6.07) is 7.75. The zero-order valence-electron chi connectivity index (χ0n) is 18.3. The highest BCUT2D eigenvalue weighted by atomic mass is 16.6. The lowest BCUT2D eigenvalue weighted by Gasteiger charge is -2.33. The number of rotatable bonds is 6. The number of benzene rings is 1. The second-order valence-corrected chi connectivity index (χ2v) is 10.9. The second kappa shape index (κ2) is 7.39. The summed E-state index contributed by atoms with van der Waals surface area (Å²) in [5, 5.41) is 0. The van der Waals surface area contributed by atoms with Crippen LogP contribution in [0, 0.1) is 23.7 Å². The fourth-order valence-corrected chi connectivity index (χ4v) is 7.06. The molecular formula is C26H34O4. The minimum Gasteiger partial charge on any atom is -0.459 e. The molecule has 4 aliphatic carbocycles. The molecule has 0 aliphatic heterocycles. The quantitative estimate of drug-likeness (QED) is 0.618. The summed E-state index contributed by atoms with van der Waals surface area (Å²) in [6.45, 7) is 4.22. The summed E-state index contributed by atoms with van der Waals surface area (Å²) in [7, 11) is 0. The predicted molar refractivity (Wildman–Crippen MR) is 114 cm³/mol. The fourth-order valence-electron chi connectivity index (χ4n) is 7.06. The molecule has 1 aromatic rings. The minimum atomic E-state index is -0.264. The van der Waals surface area contributed by atoms with Gasteiger partial charge in [-0.15, -0.1) is 0 Å². The SMILES string of the molecule is CC1(OC(=O)Cc2ccc(CC(=O)OC3(C)CC4CCC3C4)cc2)CC2CCC1C2. The molecule has 4 fully saturated rings. The van der Waals surface area contributed by atoms with Crippen LogP contribution >= 0.6 is 0 Å². The van der Waals surface area contributed by atoms with Crippen LogP contribution in [0.25, 0.3) is 0 Å². The Balaban J connectivity index is 1.12. The first kappa shape index (κ1) is 20.1. The molecule has 4 bridgehead atoms. The van der Waals surface area contributed by atoms with Crippen LogP contribution in [0.2, 0.25) is 0 Å². The van der Waals surface area contributed by atoms with Crippen LogP contribution in [0.4, 0.5) is 0 Å². The van der Waals surface area contributed by atoms with Crippen LogP contribution in [0.5, 0.6) is 0 Å². The van der Waals surface area contributed by atoms with Gasteiger partial charge < -0.3 is 9.47 Å². The highest BCUT2D eigenvalue weighted by molar-refractivity contribution is 5.74. The Morgan fingerprint density at radius 1 is 0.767 bits per heavy atom. The zero-order chi connectivity index (χ0) is 20.9. The van der Waals surface area contributed by atoms with Crippen LogP contribution in [-0.4, -0.2) is 23.1 Å². The molecule has 4 aliphatic rings. The smallest absolute Gasteiger partial charge is 0.310 e. The first-order valence-electron chi connectivity index (χ1n) is 11.8. The molecule has 0 N–H and O–H groups in total. The van der Waals surface area contributed by atoms with Crippen molar-refractivity contribution in [1.29, 1.82) is 0 Å². The Morgan fingerprint density at radius 3 is 1.47 bits per heavy atom. The lowest BCUT2D eigenvalue weighted by atomic mass is 9.85.